The minimum Gasteiger partial charge on any atom is -0.507 e. The number of phenols is 1. The maximum absolute atomic E-state index is 9.77. The molecular formula is C14H20O. The van der Waals surface area contributed by atoms with Gasteiger partial charge >= 0.3 is 0 Å². The van der Waals surface area contributed by atoms with Crippen molar-refractivity contribution in [3.63, 3.8) is 0 Å². The first-order chi connectivity index (χ1) is 7.29. The van der Waals surface area contributed by atoms with Gasteiger partial charge in [0.15, 0.2) is 0 Å². The third-order valence-electron chi connectivity index (χ3n) is 2.45. The summed E-state index contributed by atoms with van der Waals surface area (Å²) >= 11 is 0. The molecule has 0 spiro atoms. The Bertz CT molecular complexity index is 326. The summed E-state index contributed by atoms with van der Waals surface area (Å²) in [6.45, 7) is 4.34. The van der Waals surface area contributed by atoms with Crippen LogP contribution in [-0.2, 0) is 0 Å². The van der Waals surface area contributed by atoms with Crippen molar-refractivity contribution < 1.29 is 5.11 Å². The lowest BCUT2D eigenvalue weighted by molar-refractivity contribution is 0.473. The fraction of sp³-hybridized carbons (Fsp3) is 0.429. The third-order valence-corrected chi connectivity index (χ3v) is 2.45. The van der Waals surface area contributed by atoms with Crippen molar-refractivity contribution in [2.24, 2.45) is 0 Å². The van der Waals surface area contributed by atoms with E-state index >= 15 is 0 Å². The third kappa shape index (κ3) is 3.43. The molecule has 0 saturated heterocycles. The molecule has 1 aromatic rings. The zero-order valence-corrected chi connectivity index (χ0v) is 9.66. The summed E-state index contributed by atoms with van der Waals surface area (Å²) in [6, 6.07) is 7.59. The van der Waals surface area contributed by atoms with Gasteiger partial charge in [0.05, 0.1) is 0 Å². The molecule has 0 heterocycles. The molecule has 0 amide bonds. The van der Waals surface area contributed by atoms with Crippen molar-refractivity contribution in [2.45, 2.75) is 39.5 Å². The van der Waals surface area contributed by atoms with E-state index in [-0.39, 0.29) is 0 Å². The summed E-state index contributed by atoms with van der Waals surface area (Å²) < 4.78 is 0. The Kier molecular flexibility index (Phi) is 4.96. The van der Waals surface area contributed by atoms with E-state index < -0.39 is 0 Å². The molecule has 0 aliphatic rings. The van der Waals surface area contributed by atoms with Crippen molar-refractivity contribution in [3.8, 4) is 5.75 Å². The molecule has 0 fully saturated rings. The van der Waals surface area contributed by atoms with Crippen molar-refractivity contribution in [1.82, 2.24) is 0 Å². The van der Waals surface area contributed by atoms with Crippen LogP contribution in [-0.4, -0.2) is 5.11 Å². The molecule has 0 atom stereocenters. The summed E-state index contributed by atoms with van der Waals surface area (Å²) in [7, 11) is 0. The monoisotopic (exact) mass is 204 g/mol. The number of hydrogen-bond acceptors (Lipinski definition) is 1. The average Bonchev–Trinajstić information content (AvgIpc) is 2.25. The van der Waals surface area contributed by atoms with Gasteiger partial charge in [-0.3, -0.25) is 0 Å². The SMILES string of the molecule is CCC/C=C(\CCC)c1ccccc1O. The maximum atomic E-state index is 9.77. The minimum atomic E-state index is 0.397. The Labute approximate surface area is 92.5 Å². The van der Waals surface area contributed by atoms with Gasteiger partial charge in [0.2, 0.25) is 0 Å². The van der Waals surface area contributed by atoms with Gasteiger partial charge < -0.3 is 5.11 Å². The molecule has 1 aromatic carbocycles. The Balaban J connectivity index is 2.93. The highest BCUT2D eigenvalue weighted by Gasteiger charge is 2.04. The van der Waals surface area contributed by atoms with E-state index in [9.17, 15) is 5.11 Å². The highest BCUT2D eigenvalue weighted by atomic mass is 16.3. The molecule has 0 bridgehead atoms. The largest absolute Gasteiger partial charge is 0.507 e. The van der Waals surface area contributed by atoms with E-state index in [4.69, 9.17) is 0 Å². The summed E-state index contributed by atoms with van der Waals surface area (Å²) in [4.78, 5) is 0. The molecule has 82 valence electrons. The average molecular weight is 204 g/mol. The lowest BCUT2D eigenvalue weighted by Gasteiger charge is -2.08. The molecule has 1 nitrogen and oxygen atoms in total. The molecule has 0 aromatic heterocycles. The molecule has 1 heteroatoms. The van der Waals surface area contributed by atoms with Gasteiger partial charge in [0.25, 0.3) is 0 Å². The van der Waals surface area contributed by atoms with Crippen LogP contribution >= 0.6 is 0 Å². The second-order valence-corrected chi connectivity index (χ2v) is 3.79. The number of rotatable bonds is 5. The van der Waals surface area contributed by atoms with Crippen LogP contribution in [0.4, 0.5) is 0 Å². The van der Waals surface area contributed by atoms with Gasteiger partial charge in [-0.15, -0.1) is 0 Å². The molecular weight excluding hydrogens is 184 g/mol. The van der Waals surface area contributed by atoms with E-state index in [1.54, 1.807) is 6.07 Å². The normalized spacial score (nSPS) is 11.7. The molecule has 1 rings (SSSR count). The molecule has 0 saturated carbocycles. The van der Waals surface area contributed by atoms with E-state index in [1.807, 2.05) is 18.2 Å². The van der Waals surface area contributed by atoms with Crippen LogP contribution in [0.2, 0.25) is 0 Å². The zero-order chi connectivity index (χ0) is 11.1. The molecule has 0 aliphatic carbocycles. The van der Waals surface area contributed by atoms with E-state index in [2.05, 4.69) is 19.9 Å². The van der Waals surface area contributed by atoms with Crippen LogP contribution in [0.5, 0.6) is 5.75 Å². The lowest BCUT2D eigenvalue weighted by atomic mass is 9.99. The van der Waals surface area contributed by atoms with Crippen LogP contribution in [0.3, 0.4) is 0 Å². The second kappa shape index (κ2) is 6.28. The van der Waals surface area contributed by atoms with E-state index in [0.29, 0.717) is 5.75 Å². The zero-order valence-electron chi connectivity index (χ0n) is 9.66. The fourth-order valence-electron chi connectivity index (χ4n) is 1.68. The van der Waals surface area contributed by atoms with Crippen molar-refractivity contribution in [2.75, 3.05) is 0 Å². The van der Waals surface area contributed by atoms with Crippen molar-refractivity contribution in [1.29, 1.82) is 0 Å². The number of para-hydroxylation sites is 1. The number of allylic oxidation sites excluding steroid dienone is 2. The second-order valence-electron chi connectivity index (χ2n) is 3.79. The highest BCUT2D eigenvalue weighted by molar-refractivity contribution is 5.70. The summed E-state index contributed by atoms with van der Waals surface area (Å²) in [5.41, 5.74) is 2.27. The predicted octanol–water partition coefficient (Wildman–Crippen LogP) is 4.38. The standard InChI is InChI=1S/C14H20O/c1-3-5-9-12(8-4-2)13-10-6-7-11-14(13)15/h6-7,9-11,15H,3-5,8H2,1-2H3/b12-9+. The van der Waals surface area contributed by atoms with Crippen LogP contribution in [0, 0.1) is 0 Å². The molecule has 0 unspecified atom stereocenters. The van der Waals surface area contributed by atoms with Crippen molar-refractivity contribution in [3.05, 3.63) is 35.9 Å². The lowest BCUT2D eigenvalue weighted by Crippen LogP contribution is -1.85. The number of phenolic OH excluding ortho intramolecular Hbond substituents is 1. The maximum Gasteiger partial charge on any atom is 0.123 e. The molecule has 0 aliphatic heterocycles. The van der Waals surface area contributed by atoms with Gasteiger partial charge in [0.1, 0.15) is 5.75 Å². The van der Waals surface area contributed by atoms with Gasteiger partial charge in [-0.25, -0.2) is 0 Å². The first-order valence-electron chi connectivity index (χ1n) is 5.77. The van der Waals surface area contributed by atoms with E-state index in [1.165, 1.54) is 5.57 Å². The Morgan fingerprint density at radius 1 is 1.20 bits per heavy atom. The highest BCUT2D eigenvalue weighted by Crippen LogP contribution is 2.28. The fourth-order valence-corrected chi connectivity index (χ4v) is 1.68. The number of unbranched alkanes of at least 4 members (excludes halogenated alkanes) is 1. The van der Waals surface area contributed by atoms with Crippen molar-refractivity contribution >= 4 is 5.57 Å². The first-order valence-corrected chi connectivity index (χ1v) is 5.77. The number of benzene rings is 1. The molecule has 15 heavy (non-hydrogen) atoms. The Morgan fingerprint density at radius 3 is 2.53 bits per heavy atom. The Morgan fingerprint density at radius 2 is 1.93 bits per heavy atom. The smallest absolute Gasteiger partial charge is 0.123 e. The first kappa shape index (κ1) is 11.8. The summed E-state index contributed by atoms with van der Waals surface area (Å²) in [6.07, 6.45) is 6.64. The molecule has 0 radical (unpaired) electrons. The summed E-state index contributed by atoms with van der Waals surface area (Å²) in [5, 5.41) is 9.77. The van der Waals surface area contributed by atoms with Crippen LogP contribution < -0.4 is 0 Å². The van der Waals surface area contributed by atoms with Crippen LogP contribution in [0.25, 0.3) is 5.57 Å². The predicted molar refractivity (Wildman–Crippen MR) is 65.9 cm³/mol. The Hall–Kier alpha value is -1.24. The van der Waals surface area contributed by atoms with Crippen LogP contribution in [0.15, 0.2) is 30.3 Å². The van der Waals surface area contributed by atoms with Gasteiger partial charge in [-0.1, -0.05) is 51.0 Å². The topological polar surface area (TPSA) is 20.2 Å². The van der Waals surface area contributed by atoms with Crippen LogP contribution in [0.1, 0.15) is 45.1 Å². The number of hydrogen-bond donors (Lipinski definition) is 1. The quantitative estimate of drug-likeness (QED) is 0.754. The van der Waals surface area contributed by atoms with Gasteiger partial charge in [0, 0.05) is 5.56 Å². The van der Waals surface area contributed by atoms with Gasteiger partial charge in [-0.2, -0.15) is 0 Å². The van der Waals surface area contributed by atoms with Gasteiger partial charge in [-0.05, 0) is 24.5 Å². The number of aromatic hydroxyl groups is 1. The summed E-state index contributed by atoms with van der Waals surface area (Å²) in [5.74, 6) is 0.397. The van der Waals surface area contributed by atoms with E-state index in [0.717, 1.165) is 31.2 Å². The minimum absolute atomic E-state index is 0.397. The molecule has 1 N–H and O–H groups in total.